The minimum Gasteiger partial charge on any atom is -0.406 e. The Morgan fingerprint density at radius 2 is 1.73 bits per heavy atom. The Hall–Kier alpha value is -2.57. The van der Waals surface area contributed by atoms with Crippen molar-refractivity contribution in [2.75, 3.05) is 0 Å². The molecule has 0 radical (unpaired) electrons. The largest absolute Gasteiger partial charge is 0.573 e. The zero-order chi connectivity index (χ0) is 16.2. The summed E-state index contributed by atoms with van der Waals surface area (Å²) in [6.07, 6.45) is -1.71. The van der Waals surface area contributed by atoms with Crippen LogP contribution in [0.5, 0.6) is 5.75 Å². The average molecular weight is 310 g/mol. The second-order valence-electron chi connectivity index (χ2n) is 4.55. The lowest BCUT2D eigenvalue weighted by Crippen LogP contribution is -2.26. The summed E-state index contributed by atoms with van der Waals surface area (Å²) in [6.45, 7) is 1.73. The number of hydrogen-bond donors (Lipinski definition) is 1. The Labute approximate surface area is 124 Å². The van der Waals surface area contributed by atoms with Crippen LogP contribution in [-0.2, 0) is 0 Å². The first-order chi connectivity index (χ1) is 10.3. The van der Waals surface area contributed by atoms with Crippen molar-refractivity contribution in [1.29, 1.82) is 0 Å². The van der Waals surface area contributed by atoms with Crippen LogP contribution in [0, 0.1) is 0 Å². The molecule has 0 aliphatic carbocycles. The number of carbonyl (C=O) groups is 1. The Balaban J connectivity index is 2.01. The third-order valence-corrected chi connectivity index (χ3v) is 2.90. The smallest absolute Gasteiger partial charge is 0.406 e. The molecule has 0 aliphatic rings. The van der Waals surface area contributed by atoms with Gasteiger partial charge in [0.15, 0.2) is 0 Å². The third kappa shape index (κ3) is 4.47. The molecule has 7 heteroatoms. The third-order valence-electron chi connectivity index (χ3n) is 2.90. The van der Waals surface area contributed by atoms with Gasteiger partial charge in [-0.05, 0) is 36.8 Å². The highest BCUT2D eigenvalue weighted by Crippen LogP contribution is 2.24. The van der Waals surface area contributed by atoms with Crippen molar-refractivity contribution in [3.63, 3.8) is 0 Å². The van der Waals surface area contributed by atoms with E-state index in [4.69, 9.17) is 0 Å². The predicted octanol–water partition coefficient (Wildman–Crippen LogP) is 3.47. The number of carbonyl (C=O) groups excluding carboxylic acids is 1. The van der Waals surface area contributed by atoms with E-state index in [2.05, 4.69) is 15.0 Å². The van der Waals surface area contributed by atoms with Gasteiger partial charge in [-0.3, -0.25) is 9.78 Å². The van der Waals surface area contributed by atoms with Crippen LogP contribution in [0.25, 0.3) is 0 Å². The minimum absolute atomic E-state index is 0.287. The van der Waals surface area contributed by atoms with Crippen LogP contribution in [0.1, 0.15) is 28.9 Å². The molecule has 1 N–H and O–H groups in total. The maximum atomic E-state index is 12.1. The van der Waals surface area contributed by atoms with Gasteiger partial charge in [-0.15, -0.1) is 13.2 Å². The fourth-order valence-corrected chi connectivity index (χ4v) is 1.82. The molecule has 0 saturated heterocycles. The van der Waals surface area contributed by atoms with E-state index in [-0.39, 0.29) is 17.7 Å². The first-order valence-electron chi connectivity index (χ1n) is 6.42. The molecule has 4 nitrogen and oxygen atoms in total. The van der Waals surface area contributed by atoms with Crippen molar-refractivity contribution in [1.82, 2.24) is 10.3 Å². The first kappa shape index (κ1) is 15.8. The minimum atomic E-state index is -4.72. The number of amides is 1. The highest BCUT2D eigenvalue weighted by Gasteiger charge is 2.31. The fraction of sp³-hybridized carbons (Fsp3) is 0.200. The van der Waals surface area contributed by atoms with Gasteiger partial charge in [-0.25, -0.2) is 0 Å². The van der Waals surface area contributed by atoms with Crippen LogP contribution in [0.15, 0.2) is 48.8 Å². The van der Waals surface area contributed by atoms with E-state index in [1.807, 2.05) is 0 Å². The van der Waals surface area contributed by atoms with Crippen molar-refractivity contribution in [2.24, 2.45) is 0 Å². The lowest BCUT2D eigenvalue weighted by atomic mass is 10.1. The van der Waals surface area contributed by atoms with Crippen molar-refractivity contribution >= 4 is 5.91 Å². The van der Waals surface area contributed by atoms with E-state index in [1.54, 1.807) is 19.1 Å². The summed E-state index contributed by atoms with van der Waals surface area (Å²) in [4.78, 5) is 15.8. The molecular formula is C15H13F3N2O2. The van der Waals surface area contributed by atoms with Gasteiger partial charge in [0.2, 0.25) is 0 Å². The lowest BCUT2D eigenvalue weighted by molar-refractivity contribution is -0.274. The van der Waals surface area contributed by atoms with Gasteiger partial charge >= 0.3 is 6.36 Å². The number of halogens is 3. The summed E-state index contributed by atoms with van der Waals surface area (Å²) in [5, 5.41) is 2.75. The standard InChI is InChI=1S/C15H13F3N2O2/c1-10(20-14(21)12-6-8-19-9-7-12)11-2-4-13(5-3-11)22-15(16,17)18/h2-10H,1H3,(H,20,21). The normalized spacial score (nSPS) is 12.5. The summed E-state index contributed by atoms with van der Waals surface area (Å²) in [6, 6.07) is 8.14. The molecule has 1 amide bonds. The van der Waals surface area contributed by atoms with Crippen molar-refractivity contribution in [3.8, 4) is 5.75 Å². The summed E-state index contributed by atoms with van der Waals surface area (Å²) in [5.41, 5.74) is 1.12. The van der Waals surface area contributed by atoms with Crippen molar-refractivity contribution < 1.29 is 22.7 Å². The van der Waals surface area contributed by atoms with Crippen molar-refractivity contribution in [3.05, 3.63) is 59.9 Å². The molecule has 22 heavy (non-hydrogen) atoms. The Morgan fingerprint density at radius 1 is 1.14 bits per heavy atom. The second-order valence-corrected chi connectivity index (χ2v) is 4.55. The number of alkyl halides is 3. The summed E-state index contributed by atoms with van der Waals surface area (Å²) < 4.78 is 40.0. The highest BCUT2D eigenvalue weighted by atomic mass is 19.4. The maximum Gasteiger partial charge on any atom is 0.573 e. The van der Waals surface area contributed by atoms with Gasteiger partial charge in [0.05, 0.1) is 6.04 Å². The molecule has 1 unspecified atom stereocenters. The van der Waals surface area contributed by atoms with Gasteiger partial charge < -0.3 is 10.1 Å². The second kappa shape index (κ2) is 6.46. The first-order valence-corrected chi connectivity index (χ1v) is 6.42. The molecule has 0 bridgehead atoms. The zero-order valence-electron chi connectivity index (χ0n) is 11.6. The number of rotatable bonds is 4. The van der Waals surface area contributed by atoms with Gasteiger partial charge in [0.1, 0.15) is 5.75 Å². The van der Waals surface area contributed by atoms with E-state index in [1.165, 1.54) is 36.7 Å². The van der Waals surface area contributed by atoms with Crippen molar-refractivity contribution in [2.45, 2.75) is 19.3 Å². The monoisotopic (exact) mass is 310 g/mol. The molecule has 1 atom stereocenters. The fourth-order valence-electron chi connectivity index (χ4n) is 1.82. The molecule has 1 aromatic heterocycles. The van der Waals surface area contributed by atoms with Crippen LogP contribution in [0.4, 0.5) is 13.2 Å². The van der Waals surface area contributed by atoms with E-state index < -0.39 is 6.36 Å². The highest BCUT2D eigenvalue weighted by molar-refractivity contribution is 5.94. The summed E-state index contributed by atoms with van der Waals surface area (Å²) in [7, 11) is 0. The molecule has 0 aliphatic heterocycles. The van der Waals surface area contributed by atoms with Crippen LogP contribution < -0.4 is 10.1 Å². The molecule has 2 rings (SSSR count). The number of nitrogens with zero attached hydrogens (tertiary/aromatic N) is 1. The maximum absolute atomic E-state index is 12.1. The molecule has 116 valence electrons. The van der Waals surface area contributed by atoms with Gasteiger partial charge in [-0.1, -0.05) is 12.1 Å². The SMILES string of the molecule is CC(NC(=O)c1ccncc1)c1ccc(OC(F)(F)F)cc1. The number of nitrogens with one attached hydrogen (secondary N) is 1. The molecule has 1 heterocycles. The molecule has 0 spiro atoms. The number of ether oxygens (including phenoxy) is 1. The van der Waals surface area contributed by atoms with E-state index in [0.29, 0.717) is 11.1 Å². The summed E-state index contributed by atoms with van der Waals surface area (Å²) >= 11 is 0. The molecule has 0 saturated carbocycles. The van der Waals surface area contributed by atoms with E-state index >= 15 is 0 Å². The Bertz CT molecular complexity index is 627. The van der Waals surface area contributed by atoms with Crippen LogP contribution >= 0.6 is 0 Å². The lowest BCUT2D eigenvalue weighted by Gasteiger charge is -2.15. The quantitative estimate of drug-likeness (QED) is 0.940. The van der Waals surface area contributed by atoms with Crippen LogP contribution in [-0.4, -0.2) is 17.3 Å². The van der Waals surface area contributed by atoms with Gasteiger partial charge in [0, 0.05) is 18.0 Å². The summed E-state index contributed by atoms with van der Waals surface area (Å²) in [5.74, 6) is -0.588. The number of hydrogen-bond acceptors (Lipinski definition) is 3. The Kier molecular flexibility index (Phi) is 4.65. The number of pyridine rings is 1. The number of benzene rings is 1. The van der Waals surface area contributed by atoms with Gasteiger partial charge in [-0.2, -0.15) is 0 Å². The molecule has 1 aromatic carbocycles. The van der Waals surface area contributed by atoms with E-state index in [9.17, 15) is 18.0 Å². The van der Waals surface area contributed by atoms with E-state index in [0.717, 1.165) is 0 Å². The van der Waals surface area contributed by atoms with Crippen LogP contribution in [0.3, 0.4) is 0 Å². The van der Waals surface area contributed by atoms with Gasteiger partial charge in [0.25, 0.3) is 5.91 Å². The van der Waals surface area contributed by atoms with Crippen LogP contribution in [0.2, 0.25) is 0 Å². The molecule has 0 fully saturated rings. The topological polar surface area (TPSA) is 51.2 Å². The molecule has 2 aromatic rings. The Morgan fingerprint density at radius 3 is 2.27 bits per heavy atom. The predicted molar refractivity (Wildman–Crippen MR) is 73.2 cm³/mol. The molecular weight excluding hydrogens is 297 g/mol. The average Bonchev–Trinajstić information content (AvgIpc) is 2.47. The number of aromatic nitrogens is 1. The zero-order valence-corrected chi connectivity index (χ0v) is 11.6.